The van der Waals surface area contributed by atoms with Crippen molar-refractivity contribution in [2.45, 2.75) is 25.4 Å². The highest BCUT2D eigenvalue weighted by molar-refractivity contribution is 5.41. The van der Waals surface area contributed by atoms with Gasteiger partial charge in [0.2, 0.25) is 0 Å². The number of anilines is 1. The summed E-state index contributed by atoms with van der Waals surface area (Å²) in [7, 11) is 3.30. The molecule has 1 aromatic heterocycles. The van der Waals surface area contributed by atoms with Crippen LogP contribution in [0.15, 0.2) is 35.4 Å². The van der Waals surface area contributed by atoms with Gasteiger partial charge in [-0.3, -0.25) is 4.79 Å². The van der Waals surface area contributed by atoms with Gasteiger partial charge in [-0.25, -0.2) is 4.98 Å². The molecule has 1 aliphatic rings. The lowest BCUT2D eigenvalue weighted by Crippen LogP contribution is -2.47. The maximum Gasteiger partial charge on any atom is 0.290 e. The van der Waals surface area contributed by atoms with Crippen molar-refractivity contribution in [3.63, 3.8) is 0 Å². The van der Waals surface area contributed by atoms with Gasteiger partial charge < -0.3 is 24.7 Å². The molecule has 2 aromatic rings. The number of aromatic nitrogens is 2. The fraction of sp³-hybridized carbons (Fsp3) is 0.444. The number of aromatic amines is 1. The van der Waals surface area contributed by atoms with Crippen LogP contribution in [0, 0.1) is 0 Å². The lowest BCUT2D eigenvalue weighted by molar-refractivity contribution is 0.383. The summed E-state index contributed by atoms with van der Waals surface area (Å²) in [6.07, 6.45) is 5.27. The molecule has 7 heteroatoms. The SMILES string of the molecule is COc1ccc(CN[C@H]2CCCN(c3ncc[nH]c3=O)C2)c(OC)c1. The molecule has 1 atom stereocenters. The summed E-state index contributed by atoms with van der Waals surface area (Å²) in [6.45, 7) is 2.31. The van der Waals surface area contributed by atoms with Crippen LogP contribution in [0.4, 0.5) is 5.82 Å². The highest BCUT2D eigenvalue weighted by Gasteiger charge is 2.22. The maximum absolute atomic E-state index is 11.9. The van der Waals surface area contributed by atoms with E-state index in [1.165, 1.54) is 0 Å². The van der Waals surface area contributed by atoms with Crippen molar-refractivity contribution in [1.82, 2.24) is 15.3 Å². The molecule has 0 bridgehead atoms. The Morgan fingerprint density at radius 1 is 1.36 bits per heavy atom. The predicted octanol–water partition coefficient (Wildman–Crippen LogP) is 1.55. The van der Waals surface area contributed by atoms with Crippen molar-refractivity contribution in [1.29, 1.82) is 0 Å². The van der Waals surface area contributed by atoms with Crippen molar-refractivity contribution in [2.24, 2.45) is 0 Å². The molecular weight excluding hydrogens is 320 g/mol. The Morgan fingerprint density at radius 3 is 3.00 bits per heavy atom. The lowest BCUT2D eigenvalue weighted by Gasteiger charge is -2.33. The fourth-order valence-corrected chi connectivity index (χ4v) is 3.16. The van der Waals surface area contributed by atoms with E-state index in [0.29, 0.717) is 18.4 Å². The van der Waals surface area contributed by atoms with E-state index in [1.54, 1.807) is 26.6 Å². The minimum Gasteiger partial charge on any atom is -0.497 e. The number of ether oxygens (including phenoxy) is 2. The first-order valence-electron chi connectivity index (χ1n) is 8.44. The Kier molecular flexibility index (Phi) is 5.55. The first kappa shape index (κ1) is 17.3. The molecule has 1 fully saturated rings. The molecule has 7 nitrogen and oxygen atoms in total. The Labute approximate surface area is 147 Å². The lowest BCUT2D eigenvalue weighted by atomic mass is 10.0. The molecule has 1 aromatic carbocycles. The standard InChI is InChI=1S/C18H24N4O3/c1-24-15-6-5-13(16(10-15)25-2)11-21-14-4-3-9-22(12-14)17-18(23)20-8-7-19-17/h5-8,10,14,21H,3-4,9,11-12H2,1-2H3,(H,20,23)/t14-/m0/s1. The molecule has 0 saturated carbocycles. The summed E-state index contributed by atoms with van der Waals surface area (Å²) in [5, 5.41) is 3.57. The summed E-state index contributed by atoms with van der Waals surface area (Å²) >= 11 is 0. The zero-order valence-corrected chi connectivity index (χ0v) is 14.6. The van der Waals surface area contributed by atoms with Crippen LogP contribution >= 0.6 is 0 Å². The second kappa shape index (κ2) is 8.02. The van der Waals surface area contributed by atoms with Crippen LogP contribution in [0.25, 0.3) is 0 Å². The van der Waals surface area contributed by atoms with Crippen molar-refractivity contribution in [3.05, 3.63) is 46.5 Å². The second-order valence-corrected chi connectivity index (χ2v) is 6.09. The monoisotopic (exact) mass is 344 g/mol. The first-order chi connectivity index (χ1) is 12.2. The van der Waals surface area contributed by atoms with Crippen LogP contribution in [0.3, 0.4) is 0 Å². The molecule has 0 spiro atoms. The number of rotatable bonds is 6. The Bertz CT molecular complexity index is 762. The fourth-order valence-electron chi connectivity index (χ4n) is 3.16. The minimum atomic E-state index is -0.139. The van der Waals surface area contributed by atoms with E-state index < -0.39 is 0 Å². The van der Waals surface area contributed by atoms with Crippen LogP contribution in [0.1, 0.15) is 18.4 Å². The van der Waals surface area contributed by atoms with Crippen LogP contribution in [0.5, 0.6) is 11.5 Å². The zero-order chi connectivity index (χ0) is 17.6. The molecule has 25 heavy (non-hydrogen) atoms. The third-order valence-corrected chi connectivity index (χ3v) is 4.49. The second-order valence-electron chi connectivity index (χ2n) is 6.09. The third-order valence-electron chi connectivity index (χ3n) is 4.49. The molecule has 2 heterocycles. The van der Waals surface area contributed by atoms with Gasteiger partial charge in [0, 0.05) is 49.7 Å². The molecule has 1 saturated heterocycles. The average molecular weight is 344 g/mol. The van der Waals surface area contributed by atoms with Gasteiger partial charge >= 0.3 is 0 Å². The Morgan fingerprint density at radius 2 is 2.24 bits per heavy atom. The van der Waals surface area contributed by atoms with Crippen molar-refractivity contribution >= 4 is 5.82 Å². The van der Waals surface area contributed by atoms with Gasteiger partial charge in [0.15, 0.2) is 5.82 Å². The average Bonchev–Trinajstić information content (AvgIpc) is 2.66. The van der Waals surface area contributed by atoms with Crippen LogP contribution in [0.2, 0.25) is 0 Å². The van der Waals surface area contributed by atoms with Gasteiger partial charge in [0.05, 0.1) is 14.2 Å². The molecule has 0 unspecified atom stereocenters. The molecule has 0 radical (unpaired) electrons. The Hall–Kier alpha value is -2.54. The number of H-pyrrole nitrogens is 1. The summed E-state index contributed by atoms with van der Waals surface area (Å²) < 4.78 is 10.7. The smallest absolute Gasteiger partial charge is 0.290 e. The van der Waals surface area contributed by atoms with Crippen LogP contribution in [-0.2, 0) is 6.54 Å². The maximum atomic E-state index is 11.9. The third kappa shape index (κ3) is 4.11. The number of hydrogen-bond acceptors (Lipinski definition) is 6. The highest BCUT2D eigenvalue weighted by atomic mass is 16.5. The highest BCUT2D eigenvalue weighted by Crippen LogP contribution is 2.25. The van der Waals surface area contributed by atoms with E-state index in [1.807, 2.05) is 23.1 Å². The van der Waals surface area contributed by atoms with Crippen LogP contribution in [-0.4, -0.2) is 43.3 Å². The van der Waals surface area contributed by atoms with Crippen molar-refractivity contribution in [2.75, 3.05) is 32.2 Å². The summed E-state index contributed by atoms with van der Waals surface area (Å²) in [5.41, 5.74) is 0.941. The van der Waals surface area contributed by atoms with Gasteiger partial charge in [-0.1, -0.05) is 6.07 Å². The number of methoxy groups -OCH3 is 2. The number of nitrogens with one attached hydrogen (secondary N) is 2. The van der Waals surface area contributed by atoms with E-state index >= 15 is 0 Å². The summed E-state index contributed by atoms with van der Waals surface area (Å²) in [6, 6.07) is 6.12. The number of hydrogen-bond donors (Lipinski definition) is 2. The molecule has 3 rings (SSSR count). The van der Waals surface area contributed by atoms with Crippen LogP contribution < -0.4 is 25.2 Å². The minimum absolute atomic E-state index is 0.139. The number of piperidine rings is 1. The van der Waals surface area contributed by atoms with Crippen molar-refractivity contribution < 1.29 is 9.47 Å². The molecule has 0 aliphatic carbocycles. The molecule has 1 aliphatic heterocycles. The predicted molar refractivity (Wildman–Crippen MR) is 96.5 cm³/mol. The van der Waals surface area contributed by atoms with Gasteiger partial charge in [-0.2, -0.15) is 0 Å². The molecule has 134 valence electrons. The summed E-state index contributed by atoms with van der Waals surface area (Å²) in [4.78, 5) is 20.9. The topological polar surface area (TPSA) is 79.5 Å². The normalized spacial score (nSPS) is 17.4. The van der Waals surface area contributed by atoms with E-state index in [2.05, 4.69) is 15.3 Å². The Balaban J connectivity index is 1.64. The van der Waals surface area contributed by atoms with E-state index in [9.17, 15) is 4.79 Å². The molecule has 2 N–H and O–H groups in total. The molecule has 0 amide bonds. The van der Waals surface area contributed by atoms with E-state index in [0.717, 1.165) is 43.0 Å². The van der Waals surface area contributed by atoms with Crippen molar-refractivity contribution in [3.8, 4) is 11.5 Å². The number of nitrogens with zero attached hydrogens (tertiary/aromatic N) is 2. The summed E-state index contributed by atoms with van der Waals surface area (Å²) in [5.74, 6) is 2.08. The quantitative estimate of drug-likeness (QED) is 0.828. The molecular formula is C18H24N4O3. The first-order valence-corrected chi connectivity index (χ1v) is 8.44. The van der Waals surface area contributed by atoms with E-state index in [4.69, 9.17) is 9.47 Å². The zero-order valence-electron chi connectivity index (χ0n) is 14.6. The van der Waals surface area contributed by atoms with Gasteiger partial charge in [-0.15, -0.1) is 0 Å². The largest absolute Gasteiger partial charge is 0.497 e. The van der Waals surface area contributed by atoms with Gasteiger partial charge in [0.1, 0.15) is 11.5 Å². The number of benzene rings is 1. The van der Waals surface area contributed by atoms with E-state index in [-0.39, 0.29) is 5.56 Å². The van der Waals surface area contributed by atoms with Gasteiger partial charge in [-0.05, 0) is 18.9 Å². The van der Waals surface area contributed by atoms with Gasteiger partial charge in [0.25, 0.3) is 5.56 Å².